The third-order valence-electron chi connectivity index (χ3n) is 4.00. The predicted molar refractivity (Wildman–Crippen MR) is 121 cm³/mol. The summed E-state index contributed by atoms with van der Waals surface area (Å²) in [4.78, 5) is 25.6. The number of amides is 1. The van der Waals surface area contributed by atoms with Crippen LogP contribution in [0.1, 0.15) is 24.5 Å². The number of carbonyl (C=O) groups is 2. The van der Waals surface area contributed by atoms with Crippen LogP contribution in [0.15, 0.2) is 36.4 Å². The summed E-state index contributed by atoms with van der Waals surface area (Å²) in [5, 5.41) is 11.7. The van der Waals surface area contributed by atoms with Crippen molar-refractivity contribution in [1.29, 1.82) is 0 Å². The van der Waals surface area contributed by atoms with Crippen LogP contribution in [0.25, 0.3) is 0 Å². The molecule has 1 amide bonds. The summed E-state index contributed by atoms with van der Waals surface area (Å²) in [6.07, 6.45) is 0.124. The minimum absolute atomic E-state index is 0. The van der Waals surface area contributed by atoms with Gasteiger partial charge in [0.2, 0.25) is 5.91 Å². The number of anilines is 1. The van der Waals surface area contributed by atoms with Crippen molar-refractivity contribution in [3.05, 3.63) is 52.7 Å². The molecule has 136 valence electrons. The number of ether oxygens (including phenoxy) is 1. The topological polar surface area (TPSA) is 69.7 Å². The molecular formula is C18H13I3NNaO4. The molecule has 2 aromatic rings. The minimum atomic E-state index is -1.31. The van der Waals surface area contributed by atoms with Crippen LogP contribution in [0.4, 0.5) is 5.69 Å². The maximum absolute atomic E-state index is 12.2. The summed E-state index contributed by atoms with van der Waals surface area (Å²) in [7, 11) is 0. The van der Waals surface area contributed by atoms with Gasteiger partial charge < -0.3 is 19.5 Å². The Morgan fingerprint density at radius 3 is 2.37 bits per heavy atom. The van der Waals surface area contributed by atoms with Gasteiger partial charge in [-0.05, 0) is 85.8 Å². The van der Waals surface area contributed by atoms with Gasteiger partial charge in [0.05, 0.1) is 18.8 Å². The van der Waals surface area contributed by atoms with Gasteiger partial charge in [0, 0.05) is 16.5 Å². The zero-order chi connectivity index (χ0) is 18.8. The summed E-state index contributed by atoms with van der Waals surface area (Å²) in [5.74, 6) is -0.771. The van der Waals surface area contributed by atoms with Gasteiger partial charge in [0.15, 0.2) is 6.10 Å². The zero-order valence-corrected chi connectivity index (χ0v) is 22.8. The van der Waals surface area contributed by atoms with E-state index in [2.05, 4.69) is 67.8 Å². The van der Waals surface area contributed by atoms with Crippen molar-refractivity contribution in [1.82, 2.24) is 0 Å². The van der Waals surface area contributed by atoms with E-state index < -0.39 is 12.1 Å². The second kappa shape index (κ2) is 10.4. The van der Waals surface area contributed by atoms with Crippen molar-refractivity contribution >= 4 is 85.3 Å². The van der Waals surface area contributed by atoms with Crippen LogP contribution in [0.2, 0.25) is 0 Å². The van der Waals surface area contributed by atoms with E-state index in [1.54, 1.807) is 29.2 Å². The Labute approximate surface area is 220 Å². The van der Waals surface area contributed by atoms with Crippen LogP contribution in [-0.2, 0) is 9.59 Å². The van der Waals surface area contributed by atoms with Gasteiger partial charge in [-0.25, -0.2) is 0 Å². The maximum Gasteiger partial charge on any atom is 1.00 e. The van der Waals surface area contributed by atoms with Crippen LogP contribution in [0, 0.1) is 10.7 Å². The van der Waals surface area contributed by atoms with Gasteiger partial charge in [0.1, 0.15) is 5.75 Å². The van der Waals surface area contributed by atoms with E-state index in [0.717, 1.165) is 22.8 Å². The quantitative estimate of drug-likeness (QED) is 0.335. The normalized spacial score (nSPS) is 14.6. The molecule has 0 radical (unpaired) electrons. The molecule has 0 aliphatic carbocycles. The number of carboxylic acid groups (broad SMARTS) is 1. The summed E-state index contributed by atoms with van der Waals surface area (Å²) in [5.41, 5.74) is 1.30. The summed E-state index contributed by atoms with van der Waals surface area (Å²) >= 11 is 6.45. The predicted octanol–water partition coefficient (Wildman–Crippen LogP) is 0.501. The molecule has 1 atom stereocenters. The zero-order valence-electron chi connectivity index (χ0n) is 14.4. The van der Waals surface area contributed by atoms with Gasteiger partial charge >= 0.3 is 29.6 Å². The fourth-order valence-corrected chi connectivity index (χ4v) is 7.01. The van der Waals surface area contributed by atoms with E-state index in [4.69, 9.17) is 4.74 Å². The number of nitrogens with zero attached hydrogens (tertiary/aromatic N) is 1. The van der Waals surface area contributed by atoms with Crippen molar-refractivity contribution in [2.75, 3.05) is 11.4 Å². The third-order valence-corrected chi connectivity index (χ3v) is 6.62. The minimum Gasteiger partial charge on any atom is -0.546 e. The molecule has 1 heterocycles. The SMILES string of the molecule is O=C([O-])C(Oc1c(I)cc(I)c(N2CCCC2=O)c1I)c1ccccc1.[Na+]. The van der Waals surface area contributed by atoms with Gasteiger partial charge in [-0.15, -0.1) is 0 Å². The Kier molecular flexibility index (Phi) is 9.12. The molecular weight excluding hydrogens is 698 g/mol. The van der Waals surface area contributed by atoms with E-state index in [0.29, 0.717) is 24.3 Å². The number of carbonyl (C=O) groups excluding carboxylic acids is 2. The number of rotatable bonds is 5. The first-order valence-corrected chi connectivity index (χ1v) is 11.0. The smallest absolute Gasteiger partial charge is 0.546 e. The Hall–Kier alpha value is 0.370. The van der Waals surface area contributed by atoms with E-state index >= 15 is 0 Å². The first-order chi connectivity index (χ1) is 12.4. The molecule has 9 heteroatoms. The molecule has 0 spiro atoms. The molecule has 0 saturated carbocycles. The van der Waals surface area contributed by atoms with Crippen molar-refractivity contribution in [3.63, 3.8) is 0 Å². The second-order valence-corrected chi connectivity index (χ2v) is 9.11. The van der Waals surface area contributed by atoms with Crippen molar-refractivity contribution < 1.29 is 49.0 Å². The van der Waals surface area contributed by atoms with E-state index in [9.17, 15) is 14.7 Å². The van der Waals surface area contributed by atoms with Crippen LogP contribution in [0.5, 0.6) is 5.75 Å². The number of hydrogen-bond donors (Lipinski definition) is 0. The summed E-state index contributed by atoms with van der Waals surface area (Å²) in [6.45, 7) is 0.660. The number of halogens is 3. The first-order valence-electron chi connectivity index (χ1n) is 7.80. The van der Waals surface area contributed by atoms with Crippen molar-refractivity contribution in [2.45, 2.75) is 18.9 Å². The number of benzene rings is 2. The maximum atomic E-state index is 12.2. The molecule has 0 N–H and O–H groups in total. The van der Waals surface area contributed by atoms with E-state index in [1.807, 2.05) is 12.1 Å². The summed E-state index contributed by atoms with van der Waals surface area (Å²) in [6, 6.07) is 10.6. The Balaban J connectivity index is 0.00000261. The molecule has 1 aliphatic heterocycles. The average molecular weight is 711 g/mol. The summed E-state index contributed by atoms with van der Waals surface area (Å²) < 4.78 is 8.35. The average Bonchev–Trinajstić information content (AvgIpc) is 3.01. The fourth-order valence-electron chi connectivity index (χ4n) is 2.80. The third kappa shape index (κ3) is 5.30. The molecule has 1 fully saturated rings. The van der Waals surface area contributed by atoms with Crippen molar-refractivity contribution in [2.24, 2.45) is 0 Å². The van der Waals surface area contributed by atoms with Crippen molar-refractivity contribution in [3.8, 4) is 5.75 Å². The van der Waals surface area contributed by atoms with Crippen LogP contribution in [-0.4, -0.2) is 18.4 Å². The fraction of sp³-hybridized carbons (Fsp3) is 0.222. The number of hydrogen-bond acceptors (Lipinski definition) is 4. The monoisotopic (exact) mass is 711 g/mol. The Morgan fingerprint density at radius 2 is 1.81 bits per heavy atom. The molecule has 2 aromatic carbocycles. The molecule has 5 nitrogen and oxygen atoms in total. The largest absolute Gasteiger partial charge is 1.00 e. The molecule has 1 aliphatic rings. The van der Waals surface area contributed by atoms with Gasteiger partial charge in [-0.3, -0.25) is 4.79 Å². The molecule has 3 rings (SSSR count). The molecule has 27 heavy (non-hydrogen) atoms. The molecule has 1 unspecified atom stereocenters. The second-order valence-electron chi connectivity index (χ2n) is 5.71. The number of aliphatic carboxylic acids is 1. The first kappa shape index (κ1) is 23.6. The Bertz CT molecular complexity index is 863. The van der Waals surface area contributed by atoms with Crippen LogP contribution in [0.3, 0.4) is 0 Å². The van der Waals surface area contributed by atoms with Gasteiger partial charge in [0.25, 0.3) is 0 Å². The van der Waals surface area contributed by atoms with Gasteiger partial charge in [-0.1, -0.05) is 30.3 Å². The Morgan fingerprint density at radius 1 is 1.15 bits per heavy atom. The molecule has 0 aromatic heterocycles. The van der Waals surface area contributed by atoms with Crippen LogP contribution < -0.4 is 44.3 Å². The number of carboxylic acids is 1. The molecule has 1 saturated heterocycles. The van der Waals surface area contributed by atoms with Crippen LogP contribution >= 0.6 is 67.8 Å². The molecule has 0 bridgehead atoms. The standard InChI is InChI=1S/C18H14I3NO4.Na/c19-11-9-12(20)17(14(21)15(11)22-8-4-7-13(22)23)26-16(18(24)25)10-5-2-1-3-6-10;/h1-3,5-6,9,16H,4,7-8H2,(H,24,25);/q;+1/p-1. The van der Waals surface area contributed by atoms with E-state index in [-0.39, 0.29) is 35.5 Å². The van der Waals surface area contributed by atoms with E-state index in [1.165, 1.54) is 0 Å². The van der Waals surface area contributed by atoms with Gasteiger partial charge in [-0.2, -0.15) is 0 Å².